The third-order valence-electron chi connectivity index (χ3n) is 2.14. The Kier molecular flexibility index (Phi) is 2.38. The van der Waals surface area contributed by atoms with Gasteiger partial charge in [0.2, 0.25) is 0 Å². The number of hydrogen-bond acceptors (Lipinski definition) is 5. The van der Waals surface area contributed by atoms with Crippen LogP contribution >= 0.6 is 23.2 Å². The molecule has 17 heavy (non-hydrogen) atoms. The molecule has 0 aliphatic carbocycles. The highest BCUT2D eigenvalue weighted by Crippen LogP contribution is 2.20. The SMILES string of the molecule is Clc1cnc(-n2ncc3c(Cl)ncnc32)cn1. The van der Waals surface area contributed by atoms with Gasteiger partial charge >= 0.3 is 0 Å². The molecule has 6 nitrogen and oxygen atoms in total. The molecule has 0 bridgehead atoms. The Labute approximate surface area is 105 Å². The van der Waals surface area contributed by atoms with Crippen LogP contribution in [-0.4, -0.2) is 29.7 Å². The van der Waals surface area contributed by atoms with Gasteiger partial charge in [0, 0.05) is 0 Å². The van der Waals surface area contributed by atoms with Gasteiger partial charge in [-0.3, -0.25) is 0 Å². The summed E-state index contributed by atoms with van der Waals surface area (Å²) in [5.74, 6) is 0.513. The first kappa shape index (κ1) is 10.4. The van der Waals surface area contributed by atoms with Crippen molar-refractivity contribution in [3.8, 4) is 5.82 Å². The zero-order valence-corrected chi connectivity index (χ0v) is 9.76. The lowest BCUT2D eigenvalue weighted by molar-refractivity contribution is 0.852. The van der Waals surface area contributed by atoms with Gasteiger partial charge in [0.15, 0.2) is 11.5 Å². The standard InChI is InChI=1S/C9H4Cl2N6/c10-6-2-13-7(3-12-6)17-9-5(1-16-17)8(11)14-4-15-9/h1-4H. The summed E-state index contributed by atoms with van der Waals surface area (Å²) in [7, 11) is 0. The maximum atomic E-state index is 5.92. The predicted octanol–water partition coefficient (Wildman–Crippen LogP) is 1.91. The van der Waals surface area contributed by atoms with E-state index in [1.807, 2.05) is 0 Å². The lowest BCUT2D eigenvalue weighted by atomic mass is 10.4. The van der Waals surface area contributed by atoms with Gasteiger partial charge in [-0.2, -0.15) is 9.78 Å². The van der Waals surface area contributed by atoms with Crippen molar-refractivity contribution in [1.29, 1.82) is 0 Å². The molecule has 3 heterocycles. The Bertz CT molecular complexity index is 678. The smallest absolute Gasteiger partial charge is 0.174 e. The second-order valence-corrected chi connectivity index (χ2v) is 3.90. The lowest BCUT2D eigenvalue weighted by Crippen LogP contribution is -2.01. The van der Waals surface area contributed by atoms with E-state index in [4.69, 9.17) is 23.2 Å². The number of rotatable bonds is 1. The molecule has 0 amide bonds. The Morgan fingerprint density at radius 1 is 0.941 bits per heavy atom. The fourth-order valence-corrected chi connectivity index (χ4v) is 1.67. The average molecular weight is 267 g/mol. The predicted molar refractivity (Wildman–Crippen MR) is 62.3 cm³/mol. The van der Waals surface area contributed by atoms with Gasteiger partial charge in [-0.05, 0) is 0 Å². The van der Waals surface area contributed by atoms with E-state index < -0.39 is 0 Å². The van der Waals surface area contributed by atoms with E-state index in [-0.39, 0.29) is 0 Å². The summed E-state index contributed by atoms with van der Waals surface area (Å²) in [6, 6.07) is 0. The monoisotopic (exact) mass is 266 g/mol. The van der Waals surface area contributed by atoms with Crippen molar-refractivity contribution < 1.29 is 0 Å². The molecule has 0 aromatic carbocycles. The van der Waals surface area contributed by atoms with Crippen LogP contribution in [0.15, 0.2) is 24.9 Å². The van der Waals surface area contributed by atoms with E-state index >= 15 is 0 Å². The fraction of sp³-hybridized carbons (Fsp3) is 0. The van der Waals surface area contributed by atoms with Gasteiger partial charge in [0.1, 0.15) is 16.6 Å². The van der Waals surface area contributed by atoms with E-state index in [1.165, 1.54) is 23.4 Å². The first-order chi connectivity index (χ1) is 8.25. The molecule has 84 valence electrons. The summed E-state index contributed by atoms with van der Waals surface area (Å²) >= 11 is 11.6. The van der Waals surface area contributed by atoms with Crippen molar-refractivity contribution in [2.45, 2.75) is 0 Å². The molecule has 0 spiro atoms. The van der Waals surface area contributed by atoms with Crippen LogP contribution in [0.25, 0.3) is 16.9 Å². The molecule has 0 unspecified atom stereocenters. The van der Waals surface area contributed by atoms with E-state index in [0.717, 1.165) is 0 Å². The second kappa shape index (κ2) is 3.90. The minimum absolute atomic E-state index is 0.317. The van der Waals surface area contributed by atoms with Gasteiger partial charge in [0.25, 0.3) is 0 Å². The summed E-state index contributed by atoms with van der Waals surface area (Å²) in [5.41, 5.74) is 0.571. The van der Waals surface area contributed by atoms with Crippen LogP contribution in [0.5, 0.6) is 0 Å². The molecule has 0 aliphatic rings. The van der Waals surface area contributed by atoms with E-state index in [9.17, 15) is 0 Å². The summed E-state index contributed by atoms with van der Waals surface area (Å²) in [6.07, 6.45) is 5.89. The molecule has 3 rings (SSSR count). The zero-order chi connectivity index (χ0) is 11.8. The van der Waals surface area contributed by atoms with E-state index in [1.54, 1.807) is 6.20 Å². The van der Waals surface area contributed by atoms with Crippen molar-refractivity contribution in [2.24, 2.45) is 0 Å². The zero-order valence-electron chi connectivity index (χ0n) is 8.25. The number of nitrogens with zero attached hydrogens (tertiary/aromatic N) is 6. The highest BCUT2D eigenvalue weighted by atomic mass is 35.5. The maximum Gasteiger partial charge on any atom is 0.174 e. The lowest BCUT2D eigenvalue weighted by Gasteiger charge is -2.00. The molecule has 8 heteroatoms. The van der Waals surface area contributed by atoms with E-state index in [0.29, 0.717) is 27.2 Å². The van der Waals surface area contributed by atoms with Crippen molar-refractivity contribution in [3.63, 3.8) is 0 Å². The molecule has 0 radical (unpaired) electrons. The first-order valence-corrected chi connectivity index (χ1v) is 5.33. The summed E-state index contributed by atoms with van der Waals surface area (Å²) in [4.78, 5) is 16.0. The number of halogens is 2. The van der Waals surface area contributed by atoms with Crippen molar-refractivity contribution in [3.05, 3.63) is 35.2 Å². The van der Waals surface area contributed by atoms with Crippen LogP contribution in [0.1, 0.15) is 0 Å². The van der Waals surface area contributed by atoms with E-state index in [2.05, 4.69) is 25.0 Å². The normalized spacial score (nSPS) is 10.9. The van der Waals surface area contributed by atoms with Crippen LogP contribution in [0.3, 0.4) is 0 Å². The first-order valence-electron chi connectivity index (χ1n) is 4.58. The molecule has 3 aromatic rings. The van der Waals surface area contributed by atoms with Crippen LogP contribution in [0, 0.1) is 0 Å². The quantitative estimate of drug-likeness (QED) is 0.630. The third-order valence-corrected chi connectivity index (χ3v) is 2.64. The Morgan fingerprint density at radius 3 is 2.59 bits per heavy atom. The molecular weight excluding hydrogens is 263 g/mol. The van der Waals surface area contributed by atoms with Crippen molar-refractivity contribution in [2.75, 3.05) is 0 Å². The van der Waals surface area contributed by atoms with Crippen LogP contribution in [-0.2, 0) is 0 Å². The average Bonchev–Trinajstić information content (AvgIpc) is 2.75. The molecule has 0 saturated carbocycles. The fourth-order valence-electron chi connectivity index (χ4n) is 1.40. The molecule has 0 N–H and O–H groups in total. The van der Waals surface area contributed by atoms with Gasteiger partial charge in [0.05, 0.1) is 24.0 Å². The molecule has 0 aliphatic heterocycles. The molecule has 3 aromatic heterocycles. The Balaban J connectivity index is 2.24. The van der Waals surface area contributed by atoms with Gasteiger partial charge in [-0.15, -0.1) is 0 Å². The highest BCUT2D eigenvalue weighted by molar-refractivity contribution is 6.33. The second-order valence-electron chi connectivity index (χ2n) is 3.16. The number of fused-ring (bicyclic) bond motifs is 1. The summed E-state index contributed by atoms with van der Waals surface area (Å²) < 4.78 is 1.52. The summed E-state index contributed by atoms with van der Waals surface area (Å²) in [5, 5.41) is 5.47. The Hall–Kier alpha value is -1.79. The number of aromatic nitrogens is 6. The van der Waals surface area contributed by atoms with Gasteiger partial charge < -0.3 is 0 Å². The number of hydrogen-bond donors (Lipinski definition) is 0. The maximum absolute atomic E-state index is 5.92. The van der Waals surface area contributed by atoms with Crippen LogP contribution in [0.2, 0.25) is 10.3 Å². The third kappa shape index (κ3) is 1.71. The van der Waals surface area contributed by atoms with Crippen molar-refractivity contribution >= 4 is 34.2 Å². The van der Waals surface area contributed by atoms with Crippen LogP contribution in [0.4, 0.5) is 0 Å². The van der Waals surface area contributed by atoms with Crippen LogP contribution < -0.4 is 0 Å². The van der Waals surface area contributed by atoms with Crippen molar-refractivity contribution in [1.82, 2.24) is 29.7 Å². The van der Waals surface area contributed by atoms with Gasteiger partial charge in [-0.25, -0.2) is 19.9 Å². The van der Waals surface area contributed by atoms with Gasteiger partial charge in [-0.1, -0.05) is 23.2 Å². The minimum Gasteiger partial charge on any atom is -0.239 e. The molecular formula is C9H4Cl2N6. The topological polar surface area (TPSA) is 69.4 Å². The largest absolute Gasteiger partial charge is 0.239 e. The Morgan fingerprint density at radius 2 is 1.82 bits per heavy atom. The molecule has 0 fully saturated rings. The molecule has 0 atom stereocenters. The summed E-state index contributed by atoms with van der Waals surface area (Å²) in [6.45, 7) is 0. The minimum atomic E-state index is 0.317. The molecule has 0 saturated heterocycles. The highest BCUT2D eigenvalue weighted by Gasteiger charge is 2.10.